The van der Waals surface area contributed by atoms with Gasteiger partial charge in [-0.2, -0.15) is 0 Å². The van der Waals surface area contributed by atoms with E-state index >= 15 is 0 Å². The number of carbonyl (C=O) groups is 1. The van der Waals surface area contributed by atoms with Crippen molar-refractivity contribution in [3.63, 3.8) is 0 Å². The molecule has 0 spiro atoms. The molecule has 0 saturated carbocycles. The van der Waals surface area contributed by atoms with Crippen molar-refractivity contribution in [3.05, 3.63) is 53.6 Å². The Kier molecular flexibility index (Phi) is 4.40. The summed E-state index contributed by atoms with van der Waals surface area (Å²) in [6, 6.07) is 12.2. The molecule has 0 unspecified atom stereocenters. The van der Waals surface area contributed by atoms with Crippen LogP contribution in [-0.4, -0.2) is 18.1 Å². The summed E-state index contributed by atoms with van der Waals surface area (Å²) in [5, 5.41) is 12.7. The van der Waals surface area contributed by atoms with Gasteiger partial charge in [-0.1, -0.05) is 26.8 Å². The molecule has 2 aromatic rings. The van der Waals surface area contributed by atoms with Crippen LogP contribution in [0.15, 0.2) is 42.5 Å². The minimum absolute atomic E-state index is 0.0287. The van der Waals surface area contributed by atoms with Crippen LogP contribution in [0.4, 0.5) is 5.69 Å². The number of carbonyl (C=O) groups excluding carboxylic acids is 1. The van der Waals surface area contributed by atoms with E-state index in [-0.39, 0.29) is 22.6 Å². The topological polar surface area (TPSA) is 58.6 Å². The maximum atomic E-state index is 12.4. The number of nitrogens with one attached hydrogen (secondary N) is 1. The third kappa shape index (κ3) is 3.58. The smallest absolute Gasteiger partial charge is 0.259 e. The average Bonchev–Trinajstić information content (AvgIpc) is 2.47. The number of anilines is 1. The summed E-state index contributed by atoms with van der Waals surface area (Å²) < 4.78 is 5.08. The number of amides is 1. The van der Waals surface area contributed by atoms with Gasteiger partial charge in [-0.25, -0.2) is 0 Å². The summed E-state index contributed by atoms with van der Waals surface area (Å²) in [5.41, 5.74) is 1.81. The summed E-state index contributed by atoms with van der Waals surface area (Å²) in [7, 11) is 1.59. The Hall–Kier alpha value is -2.49. The Balaban J connectivity index is 2.25. The van der Waals surface area contributed by atoms with E-state index < -0.39 is 0 Å². The fourth-order valence-electron chi connectivity index (χ4n) is 2.06. The maximum Gasteiger partial charge on any atom is 0.259 e. The highest BCUT2D eigenvalue weighted by molar-refractivity contribution is 6.06. The first-order valence-corrected chi connectivity index (χ1v) is 7.10. The van der Waals surface area contributed by atoms with Crippen LogP contribution in [0.3, 0.4) is 0 Å². The van der Waals surface area contributed by atoms with Gasteiger partial charge in [0, 0.05) is 5.69 Å². The molecule has 22 heavy (non-hydrogen) atoms. The van der Waals surface area contributed by atoms with Crippen molar-refractivity contribution in [2.24, 2.45) is 0 Å². The monoisotopic (exact) mass is 299 g/mol. The van der Waals surface area contributed by atoms with E-state index in [2.05, 4.69) is 26.1 Å². The molecule has 1 amide bonds. The van der Waals surface area contributed by atoms with Crippen molar-refractivity contribution in [3.8, 4) is 11.5 Å². The summed E-state index contributed by atoms with van der Waals surface area (Å²) in [6.07, 6.45) is 0. The van der Waals surface area contributed by atoms with Gasteiger partial charge < -0.3 is 15.2 Å². The van der Waals surface area contributed by atoms with Gasteiger partial charge in [-0.05, 0) is 47.4 Å². The Labute approximate surface area is 130 Å². The van der Waals surface area contributed by atoms with Crippen LogP contribution in [-0.2, 0) is 5.41 Å². The van der Waals surface area contributed by atoms with E-state index in [1.165, 1.54) is 0 Å². The zero-order valence-corrected chi connectivity index (χ0v) is 13.3. The van der Waals surface area contributed by atoms with Gasteiger partial charge in [0.05, 0.1) is 12.7 Å². The molecule has 0 aliphatic heterocycles. The molecular weight excluding hydrogens is 278 g/mol. The standard InChI is InChI=1S/C18H21NO3/c1-18(2,3)12-5-10-16(20)15(11-12)17(21)19-13-6-8-14(22-4)9-7-13/h5-11,20H,1-4H3,(H,19,21). The number of methoxy groups -OCH3 is 1. The highest BCUT2D eigenvalue weighted by Crippen LogP contribution is 2.28. The Bertz CT molecular complexity index is 670. The Morgan fingerprint density at radius 3 is 2.27 bits per heavy atom. The predicted octanol–water partition coefficient (Wildman–Crippen LogP) is 3.95. The fourth-order valence-corrected chi connectivity index (χ4v) is 2.06. The molecule has 0 radical (unpaired) electrons. The normalized spacial score (nSPS) is 11.1. The van der Waals surface area contributed by atoms with Gasteiger partial charge in [0.1, 0.15) is 11.5 Å². The molecule has 116 valence electrons. The molecule has 0 heterocycles. The lowest BCUT2D eigenvalue weighted by Crippen LogP contribution is -2.16. The van der Waals surface area contributed by atoms with Crippen molar-refractivity contribution < 1.29 is 14.6 Å². The number of hydrogen-bond acceptors (Lipinski definition) is 3. The first-order chi connectivity index (χ1) is 10.3. The van der Waals surface area contributed by atoms with Crippen LogP contribution in [0.1, 0.15) is 36.7 Å². The zero-order valence-electron chi connectivity index (χ0n) is 13.3. The number of hydrogen-bond donors (Lipinski definition) is 2. The molecule has 2 N–H and O–H groups in total. The molecule has 4 heteroatoms. The van der Waals surface area contributed by atoms with E-state index in [1.807, 2.05) is 6.07 Å². The number of phenolic OH excluding ortho intramolecular Hbond substituents is 1. The molecular formula is C18H21NO3. The van der Waals surface area contributed by atoms with Crippen molar-refractivity contribution in [1.29, 1.82) is 0 Å². The third-order valence-electron chi connectivity index (χ3n) is 3.46. The fraction of sp³-hybridized carbons (Fsp3) is 0.278. The average molecular weight is 299 g/mol. The van der Waals surface area contributed by atoms with Crippen molar-refractivity contribution >= 4 is 11.6 Å². The van der Waals surface area contributed by atoms with Gasteiger partial charge in [0.2, 0.25) is 0 Å². The van der Waals surface area contributed by atoms with Crippen LogP contribution in [0.5, 0.6) is 11.5 Å². The summed E-state index contributed by atoms with van der Waals surface area (Å²) in [5.74, 6) is 0.350. The second-order valence-corrected chi connectivity index (χ2v) is 6.16. The molecule has 0 fully saturated rings. The lowest BCUT2D eigenvalue weighted by Gasteiger charge is -2.20. The highest BCUT2D eigenvalue weighted by Gasteiger charge is 2.18. The Morgan fingerprint density at radius 1 is 1.09 bits per heavy atom. The SMILES string of the molecule is COc1ccc(NC(=O)c2cc(C(C)(C)C)ccc2O)cc1. The Morgan fingerprint density at radius 2 is 1.73 bits per heavy atom. The number of aromatic hydroxyl groups is 1. The highest BCUT2D eigenvalue weighted by atomic mass is 16.5. The third-order valence-corrected chi connectivity index (χ3v) is 3.46. The van der Waals surface area contributed by atoms with Crippen LogP contribution in [0, 0.1) is 0 Å². The van der Waals surface area contributed by atoms with Gasteiger partial charge in [0.25, 0.3) is 5.91 Å². The zero-order chi connectivity index (χ0) is 16.3. The molecule has 0 aliphatic carbocycles. The number of rotatable bonds is 3. The predicted molar refractivity (Wildman–Crippen MR) is 87.8 cm³/mol. The first kappa shape index (κ1) is 15.9. The lowest BCUT2D eigenvalue weighted by molar-refractivity contribution is 0.102. The van der Waals surface area contributed by atoms with E-state index in [4.69, 9.17) is 4.74 Å². The summed E-state index contributed by atoms with van der Waals surface area (Å²) >= 11 is 0. The van der Waals surface area contributed by atoms with E-state index in [9.17, 15) is 9.90 Å². The molecule has 0 aliphatic rings. The quantitative estimate of drug-likeness (QED) is 0.902. The van der Waals surface area contributed by atoms with Crippen molar-refractivity contribution in [2.45, 2.75) is 26.2 Å². The number of phenols is 1. The van der Waals surface area contributed by atoms with Crippen molar-refractivity contribution in [2.75, 3.05) is 12.4 Å². The molecule has 0 aromatic heterocycles. The molecule has 0 bridgehead atoms. The second-order valence-electron chi connectivity index (χ2n) is 6.16. The second kappa shape index (κ2) is 6.10. The van der Waals surface area contributed by atoms with E-state index in [0.29, 0.717) is 5.69 Å². The summed E-state index contributed by atoms with van der Waals surface area (Å²) in [6.45, 7) is 6.18. The van der Waals surface area contributed by atoms with Gasteiger partial charge in [-0.15, -0.1) is 0 Å². The lowest BCUT2D eigenvalue weighted by atomic mass is 9.86. The van der Waals surface area contributed by atoms with Crippen molar-refractivity contribution in [1.82, 2.24) is 0 Å². The summed E-state index contributed by atoms with van der Waals surface area (Å²) in [4.78, 5) is 12.4. The molecule has 0 saturated heterocycles. The molecule has 2 aromatic carbocycles. The van der Waals surface area contributed by atoms with Gasteiger partial charge >= 0.3 is 0 Å². The van der Waals surface area contributed by atoms with Crippen LogP contribution < -0.4 is 10.1 Å². The maximum absolute atomic E-state index is 12.4. The van der Waals surface area contributed by atoms with Crippen LogP contribution >= 0.6 is 0 Å². The number of benzene rings is 2. The number of ether oxygens (including phenoxy) is 1. The van der Waals surface area contributed by atoms with Gasteiger partial charge in [-0.3, -0.25) is 4.79 Å². The molecule has 2 rings (SSSR count). The molecule has 0 atom stereocenters. The van der Waals surface area contributed by atoms with E-state index in [1.54, 1.807) is 43.5 Å². The minimum atomic E-state index is -0.339. The van der Waals surface area contributed by atoms with Crippen LogP contribution in [0.2, 0.25) is 0 Å². The molecule has 4 nitrogen and oxygen atoms in total. The first-order valence-electron chi connectivity index (χ1n) is 7.10. The van der Waals surface area contributed by atoms with E-state index in [0.717, 1.165) is 11.3 Å². The largest absolute Gasteiger partial charge is 0.507 e. The van der Waals surface area contributed by atoms with Gasteiger partial charge in [0.15, 0.2) is 0 Å². The van der Waals surface area contributed by atoms with Crippen LogP contribution in [0.25, 0.3) is 0 Å². The minimum Gasteiger partial charge on any atom is -0.507 e.